The van der Waals surface area contributed by atoms with Gasteiger partial charge in [0.1, 0.15) is 17.2 Å². The third kappa shape index (κ3) is 3.82. The van der Waals surface area contributed by atoms with E-state index in [1.54, 1.807) is 20.8 Å². The number of thiazole rings is 1. The molecule has 0 unspecified atom stereocenters. The van der Waals surface area contributed by atoms with E-state index in [4.69, 9.17) is 4.74 Å². The standard InChI is InChI=1S/C22H18F2N2O3S/c1-22(2,3)29-20(27)11-26-17-10-15(24)14(23)8-12(17)13(21(26)28)9-19-25-16-6-4-5-7-18(16)30-19/h4-10H,11H2,1-3H3/b13-9+. The van der Waals surface area contributed by atoms with E-state index in [0.29, 0.717) is 5.01 Å². The summed E-state index contributed by atoms with van der Waals surface area (Å²) >= 11 is 1.37. The lowest BCUT2D eigenvalue weighted by atomic mass is 10.1. The summed E-state index contributed by atoms with van der Waals surface area (Å²) in [6.07, 6.45) is 1.54. The van der Waals surface area contributed by atoms with Crippen molar-refractivity contribution in [2.45, 2.75) is 26.4 Å². The van der Waals surface area contributed by atoms with E-state index in [-0.39, 0.29) is 16.8 Å². The van der Waals surface area contributed by atoms with E-state index in [0.717, 1.165) is 27.2 Å². The van der Waals surface area contributed by atoms with Crippen molar-refractivity contribution in [3.8, 4) is 0 Å². The number of hydrogen-bond donors (Lipinski definition) is 0. The first kappa shape index (κ1) is 20.2. The highest BCUT2D eigenvalue weighted by Gasteiger charge is 2.36. The van der Waals surface area contributed by atoms with Crippen molar-refractivity contribution in [1.29, 1.82) is 0 Å². The molecule has 30 heavy (non-hydrogen) atoms. The molecule has 1 aliphatic rings. The third-order valence-electron chi connectivity index (χ3n) is 4.38. The lowest BCUT2D eigenvalue weighted by molar-refractivity contribution is -0.153. The molecule has 8 heteroatoms. The summed E-state index contributed by atoms with van der Waals surface area (Å²) in [5.74, 6) is -3.36. The number of anilines is 1. The Bertz CT molecular complexity index is 1180. The van der Waals surface area contributed by atoms with E-state index >= 15 is 0 Å². The van der Waals surface area contributed by atoms with E-state index in [1.165, 1.54) is 17.4 Å². The molecular weight excluding hydrogens is 410 g/mol. The number of halogens is 2. The average molecular weight is 428 g/mol. The largest absolute Gasteiger partial charge is 0.459 e. The molecule has 0 saturated heterocycles. The maximum Gasteiger partial charge on any atom is 0.326 e. The van der Waals surface area contributed by atoms with Gasteiger partial charge in [-0.05, 0) is 45.0 Å². The monoisotopic (exact) mass is 428 g/mol. The Morgan fingerprint density at radius 2 is 1.90 bits per heavy atom. The van der Waals surface area contributed by atoms with Crippen LogP contribution in [0.5, 0.6) is 0 Å². The minimum Gasteiger partial charge on any atom is -0.459 e. The normalized spacial score (nSPS) is 15.2. The van der Waals surface area contributed by atoms with E-state index in [1.807, 2.05) is 24.3 Å². The second-order valence-electron chi connectivity index (χ2n) is 7.84. The highest BCUT2D eigenvalue weighted by Crippen LogP contribution is 2.39. The Labute approximate surface area is 175 Å². The van der Waals surface area contributed by atoms with E-state index < -0.39 is 35.7 Å². The van der Waals surface area contributed by atoms with Crippen molar-refractivity contribution < 1.29 is 23.1 Å². The zero-order valence-electron chi connectivity index (χ0n) is 16.5. The zero-order chi connectivity index (χ0) is 21.6. The minimum atomic E-state index is -1.10. The molecular formula is C22H18F2N2O3S. The second-order valence-corrected chi connectivity index (χ2v) is 8.90. The van der Waals surface area contributed by atoms with Gasteiger partial charge in [0, 0.05) is 11.6 Å². The maximum absolute atomic E-state index is 14.0. The Morgan fingerprint density at radius 3 is 2.60 bits per heavy atom. The molecule has 1 amide bonds. The topological polar surface area (TPSA) is 59.5 Å². The summed E-state index contributed by atoms with van der Waals surface area (Å²) in [6, 6.07) is 9.39. The van der Waals surface area contributed by atoms with Crippen molar-refractivity contribution in [1.82, 2.24) is 4.98 Å². The molecule has 1 aromatic heterocycles. The van der Waals surface area contributed by atoms with Crippen LogP contribution in [0.4, 0.5) is 14.5 Å². The lowest BCUT2D eigenvalue weighted by Gasteiger charge is -2.22. The van der Waals surface area contributed by atoms with Crippen LogP contribution in [0, 0.1) is 11.6 Å². The van der Waals surface area contributed by atoms with Gasteiger partial charge < -0.3 is 4.74 Å². The number of carbonyl (C=O) groups excluding carboxylic acids is 2. The van der Waals surface area contributed by atoms with Crippen molar-refractivity contribution in [2.75, 3.05) is 11.4 Å². The van der Waals surface area contributed by atoms with Crippen LogP contribution in [0.25, 0.3) is 21.9 Å². The Kier molecular flexibility index (Phi) is 4.89. The van der Waals surface area contributed by atoms with Crippen LogP contribution in [0.1, 0.15) is 31.3 Å². The van der Waals surface area contributed by atoms with Gasteiger partial charge in [-0.3, -0.25) is 14.5 Å². The van der Waals surface area contributed by atoms with Gasteiger partial charge in [-0.15, -0.1) is 11.3 Å². The van der Waals surface area contributed by atoms with Crippen molar-refractivity contribution in [3.05, 3.63) is 58.6 Å². The van der Waals surface area contributed by atoms with E-state index in [9.17, 15) is 18.4 Å². The predicted octanol–water partition coefficient (Wildman–Crippen LogP) is 4.80. The maximum atomic E-state index is 14.0. The van der Waals surface area contributed by atoms with Crippen molar-refractivity contribution >= 4 is 50.8 Å². The number of amides is 1. The van der Waals surface area contributed by atoms with Crippen molar-refractivity contribution in [2.24, 2.45) is 0 Å². The third-order valence-corrected chi connectivity index (χ3v) is 5.36. The summed E-state index contributed by atoms with van der Waals surface area (Å²) in [4.78, 5) is 31.0. The van der Waals surface area contributed by atoms with Gasteiger partial charge >= 0.3 is 5.97 Å². The summed E-state index contributed by atoms with van der Waals surface area (Å²) in [5.41, 5.74) is 0.511. The summed E-state index contributed by atoms with van der Waals surface area (Å²) in [6.45, 7) is 4.71. The molecule has 4 rings (SSSR count). The molecule has 2 aromatic carbocycles. The number of esters is 1. The molecule has 0 fully saturated rings. The zero-order valence-corrected chi connectivity index (χ0v) is 17.3. The van der Waals surface area contributed by atoms with E-state index in [2.05, 4.69) is 4.98 Å². The SMILES string of the molecule is CC(C)(C)OC(=O)CN1C(=O)/C(=C/c2nc3ccccc3s2)c2cc(F)c(F)cc21. The van der Waals surface area contributed by atoms with Crippen molar-refractivity contribution in [3.63, 3.8) is 0 Å². The molecule has 154 valence electrons. The highest BCUT2D eigenvalue weighted by molar-refractivity contribution is 7.19. The Balaban J connectivity index is 1.76. The van der Waals surface area contributed by atoms with Gasteiger partial charge in [0.15, 0.2) is 11.6 Å². The summed E-state index contributed by atoms with van der Waals surface area (Å²) in [5, 5.41) is 0.550. The molecule has 0 atom stereocenters. The van der Waals surface area contributed by atoms with Crippen LogP contribution in [-0.4, -0.2) is 29.0 Å². The van der Waals surface area contributed by atoms with Gasteiger partial charge in [0.2, 0.25) is 0 Å². The van der Waals surface area contributed by atoms with Crippen LogP contribution in [-0.2, 0) is 14.3 Å². The molecule has 2 heterocycles. The summed E-state index contributed by atoms with van der Waals surface area (Å²) in [7, 11) is 0. The lowest BCUT2D eigenvalue weighted by Crippen LogP contribution is -2.36. The first-order valence-electron chi connectivity index (χ1n) is 9.23. The number of hydrogen-bond acceptors (Lipinski definition) is 5. The number of aromatic nitrogens is 1. The van der Waals surface area contributed by atoms with Crippen LogP contribution in [0.3, 0.4) is 0 Å². The van der Waals surface area contributed by atoms with Crippen LogP contribution in [0.15, 0.2) is 36.4 Å². The van der Waals surface area contributed by atoms with Crippen LogP contribution >= 0.6 is 11.3 Å². The number of rotatable bonds is 3. The van der Waals surface area contributed by atoms with Gasteiger partial charge in [-0.25, -0.2) is 13.8 Å². The number of ether oxygens (including phenoxy) is 1. The number of para-hydroxylation sites is 1. The van der Waals surface area contributed by atoms with Gasteiger partial charge in [-0.2, -0.15) is 0 Å². The predicted molar refractivity (Wildman–Crippen MR) is 112 cm³/mol. The fourth-order valence-electron chi connectivity index (χ4n) is 3.22. The fraction of sp³-hybridized carbons (Fsp3) is 0.227. The molecule has 0 spiro atoms. The molecule has 0 saturated carbocycles. The molecule has 0 radical (unpaired) electrons. The van der Waals surface area contributed by atoms with Gasteiger partial charge in [0.25, 0.3) is 5.91 Å². The first-order valence-corrected chi connectivity index (χ1v) is 10.0. The molecule has 0 aliphatic carbocycles. The average Bonchev–Trinajstić information content (AvgIpc) is 3.16. The highest BCUT2D eigenvalue weighted by atomic mass is 32.1. The number of fused-ring (bicyclic) bond motifs is 2. The fourth-order valence-corrected chi connectivity index (χ4v) is 4.13. The van der Waals surface area contributed by atoms with Crippen LogP contribution in [0.2, 0.25) is 0 Å². The number of benzene rings is 2. The quantitative estimate of drug-likeness (QED) is 0.444. The Morgan fingerprint density at radius 1 is 1.20 bits per heavy atom. The smallest absolute Gasteiger partial charge is 0.326 e. The molecule has 5 nitrogen and oxygen atoms in total. The second kappa shape index (κ2) is 7.28. The molecule has 0 bridgehead atoms. The molecule has 1 aliphatic heterocycles. The van der Waals surface area contributed by atoms with Gasteiger partial charge in [0.05, 0.1) is 21.5 Å². The minimum absolute atomic E-state index is 0.122. The van der Waals surface area contributed by atoms with Gasteiger partial charge in [-0.1, -0.05) is 12.1 Å². The Hall–Kier alpha value is -3.13. The molecule has 0 N–H and O–H groups in total. The molecule has 3 aromatic rings. The first-order chi connectivity index (χ1) is 14.1. The number of carbonyl (C=O) groups is 2. The number of nitrogens with zero attached hydrogens (tertiary/aromatic N) is 2. The summed E-state index contributed by atoms with van der Waals surface area (Å²) < 4.78 is 34.1. The van der Waals surface area contributed by atoms with Crippen LogP contribution < -0.4 is 4.90 Å².